The maximum Gasteiger partial charge on any atom is 0.126 e. The van der Waals surface area contributed by atoms with Gasteiger partial charge in [0.1, 0.15) is 11.6 Å². The van der Waals surface area contributed by atoms with Crippen LogP contribution in [0.2, 0.25) is 5.02 Å². The number of anilines is 1. The van der Waals surface area contributed by atoms with Gasteiger partial charge in [0.05, 0.1) is 6.04 Å². The zero-order chi connectivity index (χ0) is 14.0. The summed E-state index contributed by atoms with van der Waals surface area (Å²) < 4.78 is 26.5. The Morgan fingerprint density at radius 3 is 2.21 bits per heavy atom. The largest absolute Gasteiger partial charge is 0.398 e. The second-order valence-corrected chi connectivity index (χ2v) is 4.51. The molecule has 6 heteroatoms. The predicted octanol–water partition coefficient (Wildman–Crippen LogP) is 2.75. The number of nitrogens with two attached hydrogens (primary N) is 2. The highest BCUT2D eigenvalue weighted by Gasteiger charge is 2.17. The summed E-state index contributed by atoms with van der Waals surface area (Å²) >= 11 is 5.81. The third-order valence-electron chi connectivity index (χ3n) is 2.74. The molecule has 19 heavy (non-hydrogen) atoms. The number of hydrazine groups is 1. The lowest BCUT2D eigenvalue weighted by Gasteiger charge is -2.19. The molecule has 0 radical (unpaired) electrons. The Kier molecular flexibility index (Phi) is 3.99. The first-order chi connectivity index (χ1) is 9.01. The van der Waals surface area contributed by atoms with E-state index in [1.54, 1.807) is 18.2 Å². The Morgan fingerprint density at radius 2 is 1.68 bits per heavy atom. The second-order valence-electron chi connectivity index (χ2n) is 4.08. The Morgan fingerprint density at radius 1 is 1.05 bits per heavy atom. The molecule has 0 fully saturated rings. The van der Waals surface area contributed by atoms with E-state index in [4.69, 9.17) is 23.2 Å². The third kappa shape index (κ3) is 3.01. The molecule has 0 saturated heterocycles. The molecule has 0 aliphatic heterocycles. The highest BCUT2D eigenvalue weighted by atomic mass is 35.5. The van der Waals surface area contributed by atoms with Crippen molar-refractivity contribution in [3.8, 4) is 0 Å². The maximum absolute atomic E-state index is 13.2. The minimum absolute atomic E-state index is 0.342. The number of benzene rings is 2. The minimum atomic E-state index is -0.678. The summed E-state index contributed by atoms with van der Waals surface area (Å²) in [6, 6.07) is 7.41. The Hall–Kier alpha value is -1.69. The Bertz CT molecular complexity index is 584. The van der Waals surface area contributed by atoms with Gasteiger partial charge < -0.3 is 5.73 Å². The highest BCUT2D eigenvalue weighted by molar-refractivity contribution is 6.30. The van der Waals surface area contributed by atoms with E-state index in [0.717, 1.165) is 6.07 Å². The summed E-state index contributed by atoms with van der Waals surface area (Å²) in [4.78, 5) is 0. The van der Waals surface area contributed by atoms with Crippen LogP contribution in [0.4, 0.5) is 14.5 Å². The second kappa shape index (κ2) is 5.52. The van der Waals surface area contributed by atoms with E-state index >= 15 is 0 Å². The van der Waals surface area contributed by atoms with Crippen molar-refractivity contribution >= 4 is 17.3 Å². The van der Waals surface area contributed by atoms with Crippen LogP contribution in [-0.2, 0) is 0 Å². The van der Waals surface area contributed by atoms with Crippen LogP contribution in [0.15, 0.2) is 36.4 Å². The summed E-state index contributed by atoms with van der Waals surface area (Å²) in [7, 11) is 0. The normalized spacial score (nSPS) is 12.4. The third-order valence-corrected chi connectivity index (χ3v) is 2.98. The lowest BCUT2D eigenvalue weighted by molar-refractivity contribution is 0.566. The fraction of sp³-hybridized carbons (Fsp3) is 0.0769. The van der Waals surface area contributed by atoms with Crippen molar-refractivity contribution in [1.82, 2.24) is 5.43 Å². The number of nitrogens with one attached hydrogen (secondary N) is 1. The van der Waals surface area contributed by atoms with Crippen molar-refractivity contribution in [2.45, 2.75) is 6.04 Å². The molecule has 100 valence electrons. The van der Waals surface area contributed by atoms with Crippen LogP contribution in [0.1, 0.15) is 17.2 Å². The summed E-state index contributed by atoms with van der Waals surface area (Å²) in [5.74, 6) is 4.10. The van der Waals surface area contributed by atoms with Crippen LogP contribution in [-0.4, -0.2) is 0 Å². The standard InChI is InChI=1S/C13H12ClF2N3/c14-8-1-2-11(12(17)5-8)13(19-18)7-3-9(15)6-10(16)4-7/h1-6,13,19H,17-18H2. The molecule has 2 aromatic carbocycles. The van der Waals surface area contributed by atoms with Gasteiger partial charge in [-0.3, -0.25) is 5.84 Å². The van der Waals surface area contributed by atoms with Gasteiger partial charge in [-0.25, -0.2) is 14.2 Å². The molecule has 0 aliphatic carbocycles. The molecule has 2 aromatic rings. The van der Waals surface area contributed by atoms with Crippen LogP contribution < -0.4 is 17.0 Å². The molecular weight excluding hydrogens is 272 g/mol. The van der Waals surface area contributed by atoms with Crippen LogP contribution in [0, 0.1) is 11.6 Å². The van der Waals surface area contributed by atoms with Crippen molar-refractivity contribution in [2.24, 2.45) is 5.84 Å². The van der Waals surface area contributed by atoms with Gasteiger partial charge >= 0.3 is 0 Å². The average molecular weight is 284 g/mol. The smallest absolute Gasteiger partial charge is 0.126 e. The first kappa shape index (κ1) is 13.7. The monoisotopic (exact) mass is 283 g/mol. The zero-order valence-corrected chi connectivity index (χ0v) is 10.6. The molecule has 0 aromatic heterocycles. The molecular formula is C13H12ClF2N3. The molecule has 0 amide bonds. The Balaban J connectivity index is 2.49. The number of halogens is 3. The molecule has 0 heterocycles. The summed E-state index contributed by atoms with van der Waals surface area (Å²) in [5.41, 5.74) is 9.66. The van der Waals surface area contributed by atoms with E-state index in [1.165, 1.54) is 12.1 Å². The van der Waals surface area contributed by atoms with E-state index in [2.05, 4.69) is 5.43 Å². The molecule has 3 nitrogen and oxygen atoms in total. The van der Waals surface area contributed by atoms with Crippen LogP contribution >= 0.6 is 11.6 Å². The molecule has 0 aliphatic rings. The SMILES string of the molecule is NNC(c1cc(F)cc(F)c1)c1ccc(Cl)cc1N. The average Bonchev–Trinajstić information content (AvgIpc) is 2.31. The lowest BCUT2D eigenvalue weighted by atomic mass is 9.97. The number of hydrogen-bond donors (Lipinski definition) is 3. The topological polar surface area (TPSA) is 64.1 Å². The van der Waals surface area contributed by atoms with Gasteiger partial charge in [0.15, 0.2) is 0 Å². The van der Waals surface area contributed by atoms with Crippen molar-refractivity contribution in [1.29, 1.82) is 0 Å². The minimum Gasteiger partial charge on any atom is -0.398 e. The maximum atomic E-state index is 13.2. The predicted molar refractivity (Wildman–Crippen MR) is 71.4 cm³/mol. The van der Waals surface area contributed by atoms with Gasteiger partial charge in [-0.2, -0.15) is 0 Å². The van der Waals surface area contributed by atoms with Crippen LogP contribution in [0.3, 0.4) is 0 Å². The van der Waals surface area contributed by atoms with E-state index in [9.17, 15) is 8.78 Å². The van der Waals surface area contributed by atoms with Gasteiger partial charge in [0.2, 0.25) is 0 Å². The number of nitrogen functional groups attached to an aromatic ring is 1. The fourth-order valence-electron chi connectivity index (χ4n) is 1.92. The number of hydrogen-bond acceptors (Lipinski definition) is 3. The van der Waals surface area contributed by atoms with Crippen molar-refractivity contribution < 1.29 is 8.78 Å². The molecule has 5 N–H and O–H groups in total. The molecule has 0 bridgehead atoms. The first-order valence-electron chi connectivity index (χ1n) is 5.48. The first-order valence-corrected chi connectivity index (χ1v) is 5.86. The van der Waals surface area contributed by atoms with Crippen molar-refractivity contribution in [3.05, 3.63) is 64.2 Å². The van der Waals surface area contributed by atoms with Crippen molar-refractivity contribution in [3.63, 3.8) is 0 Å². The van der Waals surface area contributed by atoms with E-state index in [1.807, 2.05) is 0 Å². The fourth-order valence-corrected chi connectivity index (χ4v) is 2.10. The van der Waals surface area contributed by atoms with Gasteiger partial charge in [-0.15, -0.1) is 0 Å². The molecule has 1 unspecified atom stereocenters. The van der Waals surface area contributed by atoms with Gasteiger partial charge in [-0.05, 0) is 35.4 Å². The summed E-state index contributed by atoms with van der Waals surface area (Å²) in [5, 5.41) is 0.474. The number of rotatable bonds is 3. The Labute approximate surface area is 114 Å². The van der Waals surface area contributed by atoms with Crippen molar-refractivity contribution in [2.75, 3.05) is 5.73 Å². The van der Waals surface area contributed by atoms with Crippen LogP contribution in [0.5, 0.6) is 0 Å². The summed E-state index contributed by atoms with van der Waals surface area (Å²) in [6.45, 7) is 0. The van der Waals surface area contributed by atoms with Crippen LogP contribution in [0.25, 0.3) is 0 Å². The summed E-state index contributed by atoms with van der Waals surface area (Å²) in [6.07, 6.45) is 0. The molecule has 0 spiro atoms. The van der Waals surface area contributed by atoms with Gasteiger partial charge in [0.25, 0.3) is 0 Å². The molecule has 2 rings (SSSR count). The van der Waals surface area contributed by atoms with E-state index < -0.39 is 17.7 Å². The molecule has 0 saturated carbocycles. The van der Waals surface area contributed by atoms with E-state index in [-0.39, 0.29) is 0 Å². The van der Waals surface area contributed by atoms with Gasteiger partial charge in [0, 0.05) is 16.8 Å². The quantitative estimate of drug-likeness (QED) is 0.461. The molecule has 1 atom stereocenters. The van der Waals surface area contributed by atoms with Gasteiger partial charge in [-0.1, -0.05) is 17.7 Å². The zero-order valence-electron chi connectivity index (χ0n) is 9.83. The lowest BCUT2D eigenvalue weighted by Crippen LogP contribution is -2.29. The highest BCUT2D eigenvalue weighted by Crippen LogP contribution is 2.29. The van der Waals surface area contributed by atoms with E-state index in [0.29, 0.717) is 21.8 Å².